The molecule has 2 aromatic rings. The second kappa shape index (κ2) is 6.37. The van der Waals surface area contributed by atoms with Crippen LogP contribution in [0, 0.1) is 6.92 Å². The van der Waals surface area contributed by atoms with Crippen molar-refractivity contribution in [2.45, 2.75) is 32.5 Å². The maximum atomic E-state index is 12.6. The minimum Gasteiger partial charge on any atom is -0.361 e. The van der Waals surface area contributed by atoms with Crippen LogP contribution in [0.3, 0.4) is 0 Å². The molecule has 0 saturated heterocycles. The molecule has 7 nitrogen and oxygen atoms in total. The molecule has 3 rings (SSSR count). The molecule has 0 fully saturated rings. The molecule has 128 valence electrons. The summed E-state index contributed by atoms with van der Waals surface area (Å²) in [5, 5.41) is 6.56. The molecule has 0 aliphatic carbocycles. The molecule has 24 heavy (non-hydrogen) atoms. The summed E-state index contributed by atoms with van der Waals surface area (Å²) in [5.74, 6) is 0.319. The average molecular weight is 349 g/mol. The first-order valence-corrected chi connectivity index (χ1v) is 9.43. The minimum absolute atomic E-state index is 0.200. The Kier molecular flexibility index (Phi) is 4.42. The largest absolute Gasteiger partial charge is 0.361 e. The van der Waals surface area contributed by atoms with E-state index in [0.29, 0.717) is 17.9 Å². The topological polar surface area (TPSA) is 92.5 Å². The molecule has 0 spiro atoms. The zero-order valence-electron chi connectivity index (χ0n) is 13.5. The number of fused-ring (bicyclic) bond motifs is 1. The number of hydrogen-bond acceptors (Lipinski definition) is 5. The molecule has 1 atom stereocenters. The minimum atomic E-state index is -3.50. The van der Waals surface area contributed by atoms with E-state index in [4.69, 9.17) is 4.52 Å². The molecule has 2 heterocycles. The predicted molar refractivity (Wildman–Crippen MR) is 87.4 cm³/mol. The third-order valence-corrected chi connectivity index (χ3v) is 5.29. The normalized spacial score (nSPS) is 18.2. The van der Waals surface area contributed by atoms with Crippen LogP contribution in [0.4, 0.5) is 0 Å². The molecule has 0 radical (unpaired) electrons. The SMILES string of the molecule is Cc1cc(CNC(=O)[C@@H]2Cc3ccccc3CN2S(C)(=O)=O)no1. The molecule has 1 aliphatic rings. The molecule has 0 unspecified atom stereocenters. The van der Waals surface area contributed by atoms with E-state index in [1.165, 1.54) is 4.31 Å². The number of nitrogens with zero attached hydrogens (tertiary/aromatic N) is 2. The first-order chi connectivity index (χ1) is 11.3. The lowest BCUT2D eigenvalue weighted by molar-refractivity contribution is -0.125. The van der Waals surface area contributed by atoms with Gasteiger partial charge in [-0.1, -0.05) is 29.4 Å². The highest BCUT2D eigenvalue weighted by molar-refractivity contribution is 7.88. The predicted octanol–water partition coefficient (Wildman–Crippen LogP) is 0.986. The van der Waals surface area contributed by atoms with Crippen LogP contribution in [0.15, 0.2) is 34.9 Å². The number of aryl methyl sites for hydroxylation is 1. The van der Waals surface area contributed by atoms with Crippen LogP contribution in [0.2, 0.25) is 0 Å². The Morgan fingerprint density at radius 3 is 2.71 bits per heavy atom. The molecular weight excluding hydrogens is 330 g/mol. The Balaban J connectivity index is 1.79. The van der Waals surface area contributed by atoms with Gasteiger partial charge in [0.05, 0.1) is 12.8 Å². The first-order valence-electron chi connectivity index (χ1n) is 7.58. The van der Waals surface area contributed by atoms with Gasteiger partial charge in [-0.25, -0.2) is 8.42 Å². The van der Waals surface area contributed by atoms with Crippen molar-refractivity contribution in [2.24, 2.45) is 0 Å². The maximum Gasteiger partial charge on any atom is 0.239 e. The standard InChI is InChI=1S/C16H19N3O4S/c1-11-7-14(18-23-11)9-17-16(20)15-8-12-5-3-4-6-13(12)10-19(15)24(2,21)22/h3-7,15H,8-10H2,1-2H3,(H,17,20)/t15-/m0/s1. The van der Waals surface area contributed by atoms with Crippen molar-refractivity contribution in [3.63, 3.8) is 0 Å². The van der Waals surface area contributed by atoms with E-state index in [9.17, 15) is 13.2 Å². The summed E-state index contributed by atoms with van der Waals surface area (Å²) < 4.78 is 30.4. The third-order valence-electron chi connectivity index (χ3n) is 4.05. The van der Waals surface area contributed by atoms with Crippen molar-refractivity contribution in [3.05, 3.63) is 52.9 Å². The maximum absolute atomic E-state index is 12.6. The van der Waals surface area contributed by atoms with E-state index >= 15 is 0 Å². The van der Waals surface area contributed by atoms with Crippen LogP contribution < -0.4 is 5.32 Å². The smallest absolute Gasteiger partial charge is 0.239 e. The summed E-state index contributed by atoms with van der Waals surface area (Å²) in [4.78, 5) is 12.6. The number of carbonyl (C=O) groups excluding carboxylic acids is 1. The van der Waals surface area contributed by atoms with E-state index in [-0.39, 0.29) is 19.0 Å². The Bertz CT molecular complexity index is 860. The Morgan fingerprint density at radius 1 is 1.38 bits per heavy atom. The lowest BCUT2D eigenvalue weighted by Gasteiger charge is -2.34. The van der Waals surface area contributed by atoms with E-state index in [0.717, 1.165) is 17.4 Å². The number of benzene rings is 1. The highest BCUT2D eigenvalue weighted by Crippen LogP contribution is 2.25. The second-order valence-electron chi connectivity index (χ2n) is 5.94. The van der Waals surface area contributed by atoms with Gasteiger partial charge in [-0.15, -0.1) is 0 Å². The Morgan fingerprint density at radius 2 is 2.08 bits per heavy atom. The van der Waals surface area contributed by atoms with Crippen molar-refractivity contribution in [2.75, 3.05) is 6.26 Å². The fraction of sp³-hybridized carbons (Fsp3) is 0.375. The van der Waals surface area contributed by atoms with E-state index in [1.807, 2.05) is 24.3 Å². The van der Waals surface area contributed by atoms with Crippen LogP contribution in [0.5, 0.6) is 0 Å². The molecule has 8 heteroatoms. The first kappa shape index (κ1) is 16.7. The quantitative estimate of drug-likeness (QED) is 0.888. The Hall–Kier alpha value is -2.19. The number of rotatable bonds is 4. The fourth-order valence-corrected chi connectivity index (χ4v) is 3.87. The lowest BCUT2D eigenvalue weighted by atomic mass is 9.95. The van der Waals surface area contributed by atoms with Gasteiger partial charge >= 0.3 is 0 Å². The van der Waals surface area contributed by atoms with Gasteiger partial charge in [-0.3, -0.25) is 4.79 Å². The van der Waals surface area contributed by atoms with Crippen LogP contribution >= 0.6 is 0 Å². The van der Waals surface area contributed by atoms with Crippen LogP contribution in [-0.2, 0) is 34.3 Å². The van der Waals surface area contributed by atoms with E-state index in [1.54, 1.807) is 13.0 Å². The van der Waals surface area contributed by atoms with Crippen molar-refractivity contribution in [3.8, 4) is 0 Å². The summed E-state index contributed by atoms with van der Waals surface area (Å²) in [6.07, 6.45) is 1.48. The molecule has 1 aliphatic heterocycles. The summed E-state index contributed by atoms with van der Waals surface area (Å²) in [5.41, 5.74) is 2.52. The molecule has 1 amide bonds. The zero-order chi connectivity index (χ0) is 17.3. The van der Waals surface area contributed by atoms with Crippen LogP contribution in [-0.4, -0.2) is 36.1 Å². The second-order valence-corrected chi connectivity index (χ2v) is 7.88. The number of amides is 1. The average Bonchev–Trinajstić information content (AvgIpc) is 2.96. The van der Waals surface area contributed by atoms with Crippen molar-refractivity contribution in [1.82, 2.24) is 14.8 Å². The van der Waals surface area contributed by atoms with Gasteiger partial charge in [-0.2, -0.15) is 4.31 Å². The van der Waals surface area contributed by atoms with Gasteiger partial charge in [0.2, 0.25) is 15.9 Å². The number of hydrogen-bond donors (Lipinski definition) is 1. The van der Waals surface area contributed by atoms with Gasteiger partial charge in [0.1, 0.15) is 17.5 Å². The number of sulfonamides is 1. The highest BCUT2D eigenvalue weighted by Gasteiger charge is 2.36. The molecule has 0 bridgehead atoms. The summed E-state index contributed by atoms with van der Waals surface area (Å²) >= 11 is 0. The van der Waals surface area contributed by atoms with Crippen molar-refractivity contribution < 1.29 is 17.7 Å². The number of aromatic nitrogens is 1. The Labute approximate surface area is 140 Å². The van der Waals surface area contributed by atoms with Gasteiger partial charge in [0.15, 0.2) is 0 Å². The third kappa shape index (κ3) is 3.49. The molecule has 1 aromatic heterocycles. The monoisotopic (exact) mass is 349 g/mol. The van der Waals surface area contributed by atoms with Crippen molar-refractivity contribution in [1.29, 1.82) is 0 Å². The van der Waals surface area contributed by atoms with Gasteiger partial charge in [-0.05, 0) is 24.5 Å². The zero-order valence-corrected chi connectivity index (χ0v) is 14.3. The van der Waals surface area contributed by atoms with Gasteiger partial charge < -0.3 is 9.84 Å². The van der Waals surface area contributed by atoms with E-state index in [2.05, 4.69) is 10.5 Å². The molecule has 1 aromatic carbocycles. The lowest BCUT2D eigenvalue weighted by Crippen LogP contribution is -2.52. The molecular formula is C16H19N3O4S. The number of nitrogens with one attached hydrogen (secondary N) is 1. The summed E-state index contributed by atoms with van der Waals surface area (Å²) in [6, 6.07) is 8.54. The highest BCUT2D eigenvalue weighted by atomic mass is 32.2. The van der Waals surface area contributed by atoms with Gasteiger partial charge in [0.25, 0.3) is 0 Å². The summed E-state index contributed by atoms with van der Waals surface area (Å²) in [7, 11) is -3.50. The van der Waals surface area contributed by atoms with Crippen molar-refractivity contribution >= 4 is 15.9 Å². The number of carbonyl (C=O) groups is 1. The molecule has 0 saturated carbocycles. The van der Waals surface area contributed by atoms with Gasteiger partial charge in [0, 0.05) is 12.6 Å². The molecule has 1 N–H and O–H groups in total. The van der Waals surface area contributed by atoms with Crippen LogP contribution in [0.25, 0.3) is 0 Å². The van der Waals surface area contributed by atoms with E-state index < -0.39 is 16.1 Å². The summed E-state index contributed by atoms with van der Waals surface area (Å²) in [6.45, 7) is 2.17. The fourth-order valence-electron chi connectivity index (χ4n) is 2.87. The van der Waals surface area contributed by atoms with Crippen LogP contribution in [0.1, 0.15) is 22.6 Å².